The topological polar surface area (TPSA) is 63.4 Å². The highest BCUT2D eigenvalue weighted by atomic mass is 16.5. The molecule has 1 aliphatic carbocycles. The lowest BCUT2D eigenvalue weighted by molar-refractivity contribution is -0.126. The predicted molar refractivity (Wildman–Crippen MR) is 72.3 cm³/mol. The number of hydrogen-bond acceptors (Lipinski definition) is 4. The van der Waals surface area contributed by atoms with E-state index in [9.17, 15) is 9.59 Å². The first-order valence-electron chi connectivity index (χ1n) is 7.44. The van der Waals surface area contributed by atoms with Crippen molar-refractivity contribution in [2.75, 3.05) is 6.54 Å². The van der Waals surface area contributed by atoms with Gasteiger partial charge in [0, 0.05) is 31.0 Å². The van der Waals surface area contributed by atoms with Crippen molar-refractivity contribution in [2.45, 2.75) is 51.5 Å². The Morgan fingerprint density at radius 3 is 2.90 bits per heavy atom. The van der Waals surface area contributed by atoms with E-state index in [2.05, 4.69) is 5.16 Å². The number of likely N-dealkylation sites (tertiary alicyclic amines) is 1. The molecule has 1 aromatic heterocycles. The van der Waals surface area contributed by atoms with Crippen LogP contribution in [0.4, 0.5) is 0 Å². The van der Waals surface area contributed by atoms with E-state index in [4.69, 9.17) is 4.52 Å². The molecule has 0 N–H and O–H groups in total. The van der Waals surface area contributed by atoms with E-state index < -0.39 is 0 Å². The molecule has 1 saturated carbocycles. The van der Waals surface area contributed by atoms with E-state index in [1.165, 1.54) is 0 Å². The number of aromatic nitrogens is 1. The van der Waals surface area contributed by atoms with Gasteiger partial charge < -0.3 is 9.42 Å². The van der Waals surface area contributed by atoms with Gasteiger partial charge in [-0.3, -0.25) is 9.59 Å². The summed E-state index contributed by atoms with van der Waals surface area (Å²) in [5, 5.41) is 3.81. The Kier molecular flexibility index (Phi) is 3.59. The molecule has 108 valence electrons. The second-order valence-corrected chi connectivity index (χ2v) is 5.85. The van der Waals surface area contributed by atoms with Crippen LogP contribution in [0.3, 0.4) is 0 Å². The number of Topliss-reactive ketones (excluding diaryl/α,β-unsaturated/α-hetero) is 1. The normalized spacial score (nSPS) is 27.1. The third-order valence-corrected chi connectivity index (χ3v) is 4.47. The van der Waals surface area contributed by atoms with Gasteiger partial charge in [-0.2, -0.15) is 0 Å². The lowest BCUT2D eigenvalue weighted by Gasteiger charge is -2.32. The minimum absolute atomic E-state index is 0.0307. The van der Waals surface area contributed by atoms with Crippen LogP contribution in [0.2, 0.25) is 0 Å². The van der Waals surface area contributed by atoms with Crippen LogP contribution in [0.15, 0.2) is 10.6 Å². The van der Waals surface area contributed by atoms with E-state index >= 15 is 0 Å². The molecule has 5 heteroatoms. The molecule has 2 atom stereocenters. The maximum atomic E-state index is 12.5. The quantitative estimate of drug-likeness (QED) is 0.831. The van der Waals surface area contributed by atoms with Gasteiger partial charge in [0.1, 0.15) is 11.5 Å². The Hall–Kier alpha value is -1.65. The summed E-state index contributed by atoms with van der Waals surface area (Å²) < 4.78 is 4.98. The molecule has 0 spiro atoms. The van der Waals surface area contributed by atoms with Gasteiger partial charge in [0.25, 0.3) is 5.91 Å². The van der Waals surface area contributed by atoms with Crippen molar-refractivity contribution in [2.24, 2.45) is 5.92 Å². The Balaban J connectivity index is 1.78. The summed E-state index contributed by atoms with van der Waals surface area (Å²) in [5.41, 5.74) is 0.359. The first kappa shape index (κ1) is 13.3. The van der Waals surface area contributed by atoms with Crippen LogP contribution in [0.1, 0.15) is 54.8 Å². The molecule has 1 saturated heterocycles. The fraction of sp³-hybridized carbons (Fsp3) is 0.667. The van der Waals surface area contributed by atoms with E-state index in [0.29, 0.717) is 23.7 Å². The van der Waals surface area contributed by atoms with Crippen LogP contribution >= 0.6 is 0 Å². The number of ketones is 1. The molecule has 1 amide bonds. The van der Waals surface area contributed by atoms with Crippen LogP contribution in [-0.2, 0) is 4.79 Å². The lowest BCUT2D eigenvalue weighted by atomic mass is 9.82. The average Bonchev–Trinajstić information content (AvgIpc) is 3.07. The molecule has 1 aliphatic heterocycles. The van der Waals surface area contributed by atoms with E-state index in [1.807, 2.05) is 4.90 Å². The molecule has 5 nitrogen and oxygen atoms in total. The summed E-state index contributed by atoms with van der Waals surface area (Å²) in [6.45, 7) is 2.50. The molecule has 1 aromatic rings. The molecule has 0 radical (unpaired) electrons. The minimum atomic E-state index is -0.0947. The SMILES string of the molecule is Cc1cc(C(=O)N2CCCC2C2CCCCC2=O)no1. The second kappa shape index (κ2) is 5.38. The third kappa shape index (κ3) is 2.37. The number of hydrogen-bond donors (Lipinski definition) is 0. The van der Waals surface area contributed by atoms with Crippen LogP contribution in [0.25, 0.3) is 0 Å². The summed E-state index contributed by atoms with van der Waals surface area (Å²) in [7, 11) is 0. The number of carbonyl (C=O) groups excluding carboxylic acids is 2. The number of aryl methyl sites for hydroxylation is 1. The number of nitrogens with zero attached hydrogens (tertiary/aromatic N) is 2. The van der Waals surface area contributed by atoms with Gasteiger partial charge >= 0.3 is 0 Å². The van der Waals surface area contributed by atoms with Gasteiger partial charge in [-0.25, -0.2) is 0 Å². The largest absolute Gasteiger partial charge is 0.361 e. The van der Waals surface area contributed by atoms with Crippen molar-refractivity contribution in [1.29, 1.82) is 0 Å². The fourth-order valence-corrected chi connectivity index (χ4v) is 3.49. The van der Waals surface area contributed by atoms with Crippen molar-refractivity contribution >= 4 is 11.7 Å². The van der Waals surface area contributed by atoms with Crippen molar-refractivity contribution in [3.63, 3.8) is 0 Å². The molecule has 2 fully saturated rings. The number of amides is 1. The van der Waals surface area contributed by atoms with Gasteiger partial charge in [-0.1, -0.05) is 11.6 Å². The number of carbonyl (C=O) groups is 2. The summed E-state index contributed by atoms with van der Waals surface area (Å²) in [6.07, 6.45) is 5.59. The number of rotatable bonds is 2. The zero-order valence-corrected chi connectivity index (χ0v) is 11.8. The third-order valence-electron chi connectivity index (χ3n) is 4.47. The molecule has 2 heterocycles. The molecule has 0 bridgehead atoms. The fourth-order valence-electron chi connectivity index (χ4n) is 3.49. The summed E-state index contributed by atoms with van der Waals surface area (Å²) in [5.74, 6) is 0.904. The van der Waals surface area contributed by atoms with Gasteiger partial charge in [0.15, 0.2) is 5.69 Å². The smallest absolute Gasteiger partial charge is 0.276 e. The van der Waals surface area contributed by atoms with E-state index in [1.54, 1.807) is 13.0 Å². The lowest BCUT2D eigenvalue weighted by Crippen LogP contribution is -2.43. The monoisotopic (exact) mass is 276 g/mol. The van der Waals surface area contributed by atoms with Gasteiger partial charge in [-0.05, 0) is 32.6 Å². The summed E-state index contributed by atoms with van der Waals surface area (Å²) >= 11 is 0. The van der Waals surface area contributed by atoms with E-state index in [0.717, 1.165) is 38.6 Å². The van der Waals surface area contributed by atoms with Crippen LogP contribution in [0, 0.1) is 12.8 Å². The second-order valence-electron chi connectivity index (χ2n) is 5.85. The highest BCUT2D eigenvalue weighted by Crippen LogP contribution is 2.33. The standard InChI is InChI=1S/C15H20N2O3/c1-10-9-12(16-20-10)15(19)17-8-4-6-13(17)11-5-2-3-7-14(11)18/h9,11,13H,2-8H2,1H3. The summed E-state index contributed by atoms with van der Waals surface area (Å²) in [6, 6.07) is 1.73. The zero-order chi connectivity index (χ0) is 14.1. The Bertz CT molecular complexity index is 523. The maximum absolute atomic E-state index is 12.5. The maximum Gasteiger partial charge on any atom is 0.276 e. The van der Waals surface area contributed by atoms with Gasteiger partial charge in [0.05, 0.1) is 0 Å². The van der Waals surface area contributed by atoms with Crippen LogP contribution in [0.5, 0.6) is 0 Å². The summed E-state index contributed by atoms with van der Waals surface area (Å²) in [4.78, 5) is 26.5. The van der Waals surface area contributed by atoms with Crippen LogP contribution in [-0.4, -0.2) is 34.3 Å². The first-order chi connectivity index (χ1) is 9.66. The average molecular weight is 276 g/mol. The molecular formula is C15H20N2O3. The first-order valence-corrected chi connectivity index (χ1v) is 7.44. The van der Waals surface area contributed by atoms with Gasteiger partial charge in [0.2, 0.25) is 0 Å². The van der Waals surface area contributed by atoms with Gasteiger partial charge in [-0.15, -0.1) is 0 Å². The molecule has 0 aromatic carbocycles. The Morgan fingerprint density at radius 1 is 1.35 bits per heavy atom. The van der Waals surface area contributed by atoms with E-state index in [-0.39, 0.29) is 17.9 Å². The Morgan fingerprint density at radius 2 is 2.20 bits per heavy atom. The molecule has 3 rings (SSSR count). The Labute approximate surface area is 118 Å². The predicted octanol–water partition coefficient (Wildman–Crippen LogP) is 2.35. The molecule has 2 aliphatic rings. The molecule has 20 heavy (non-hydrogen) atoms. The van der Waals surface area contributed by atoms with Crippen molar-refractivity contribution < 1.29 is 14.1 Å². The van der Waals surface area contributed by atoms with Crippen LogP contribution < -0.4 is 0 Å². The zero-order valence-electron chi connectivity index (χ0n) is 11.8. The highest BCUT2D eigenvalue weighted by Gasteiger charge is 2.39. The van der Waals surface area contributed by atoms with Crippen molar-refractivity contribution in [1.82, 2.24) is 10.1 Å². The van der Waals surface area contributed by atoms with Crippen molar-refractivity contribution in [3.05, 3.63) is 17.5 Å². The highest BCUT2D eigenvalue weighted by molar-refractivity contribution is 5.93. The molecular weight excluding hydrogens is 256 g/mol. The minimum Gasteiger partial charge on any atom is -0.361 e. The van der Waals surface area contributed by atoms with Crippen molar-refractivity contribution in [3.8, 4) is 0 Å². The molecule has 2 unspecified atom stereocenters.